The Morgan fingerprint density at radius 1 is 1.53 bits per heavy atom. The standard InChI is InChI=1S/C10H13BrF2N2/c1-7-5-8(11)9(15-6-7)14-4-3-10(2,12)13/h5-6H,3-4H2,1-2H3,(H,14,15). The number of halogens is 3. The average Bonchev–Trinajstić information content (AvgIpc) is 2.07. The maximum Gasteiger partial charge on any atom is 0.247 e. The molecular weight excluding hydrogens is 266 g/mol. The Kier molecular flexibility index (Phi) is 4.02. The second kappa shape index (κ2) is 4.88. The van der Waals surface area contributed by atoms with Crippen molar-refractivity contribution in [1.29, 1.82) is 0 Å². The first-order valence-electron chi connectivity index (χ1n) is 4.62. The van der Waals surface area contributed by atoms with Crippen molar-refractivity contribution in [3.05, 3.63) is 22.3 Å². The topological polar surface area (TPSA) is 24.9 Å². The second-order valence-corrected chi connectivity index (χ2v) is 4.44. The van der Waals surface area contributed by atoms with Crippen LogP contribution in [0, 0.1) is 6.92 Å². The van der Waals surface area contributed by atoms with Crippen LogP contribution in [0.1, 0.15) is 18.9 Å². The molecule has 84 valence electrons. The number of nitrogens with one attached hydrogen (secondary N) is 1. The van der Waals surface area contributed by atoms with Gasteiger partial charge in [0, 0.05) is 19.2 Å². The third-order valence-electron chi connectivity index (χ3n) is 1.83. The van der Waals surface area contributed by atoms with Gasteiger partial charge in [-0.15, -0.1) is 0 Å². The van der Waals surface area contributed by atoms with Crippen LogP contribution in [0.5, 0.6) is 0 Å². The zero-order valence-electron chi connectivity index (χ0n) is 8.65. The zero-order valence-corrected chi connectivity index (χ0v) is 10.2. The highest BCUT2D eigenvalue weighted by molar-refractivity contribution is 9.10. The molecule has 1 rings (SSSR count). The molecule has 1 N–H and O–H groups in total. The molecule has 0 fully saturated rings. The van der Waals surface area contributed by atoms with Crippen LogP contribution in [-0.2, 0) is 0 Å². The highest BCUT2D eigenvalue weighted by Crippen LogP contribution is 2.22. The van der Waals surface area contributed by atoms with Crippen LogP contribution in [0.4, 0.5) is 14.6 Å². The molecule has 0 saturated heterocycles. The van der Waals surface area contributed by atoms with E-state index in [1.54, 1.807) is 6.20 Å². The summed E-state index contributed by atoms with van der Waals surface area (Å²) >= 11 is 3.32. The van der Waals surface area contributed by atoms with Crippen molar-refractivity contribution in [2.45, 2.75) is 26.2 Å². The number of anilines is 1. The largest absolute Gasteiger partial charge is 0.369 e. The summed E-state index contributed by atoms with van der Waals surface area (Å²) in [6.07, 6.45) is 1.49. The van der Waals surface area contributed by atoms with E-state index < -0.39 is 5.92 Å². The first kappa shape index (κ1) is 12.4. The van der Waals surface area contributed by atoms with Gasteiger partial charge in [-0.25, -0.2) is 13.8 Å². The summed E-state index contributed by atoms with van der Waals surface area (Å²) in [6, 6.07) is 1.89. The smallest absolute Gasteiger partial charge is 0.247 e. The minimum Gasteiger partial charge on any atom is -0.369 e. The summed E-state index contributed by atoms with van der Waals surface area (Å²) in [7, 11) is 0. The van der Waals surface area contributed by atoms with E-state index in [0.717, 1.165) is 17.0 Å². The Morgan fingerprint density at radius 2 is 2.20 bits per heavy atom. The molecule has 0 aliphatic rings. The molecule has 2 nitrogen and oxygen atoms in total. The third-order valence-corrected chi connectivity index (χ3v) is 2.44. The molecule has 0 spiro atoms. The van der Waals surface area contributed by atoms with Crippen LogP contribution in [0.3, 0.4) is 0 Å². The van der Waals surface area contributed by atoms with Crippen LogP contribution in [0.2, 0.25) is 0 Å². The minimum absolute atomic E-state index is 0.199. The van der Waals surface area contributed by atoms with E-state index in [9.17, 15) is 8.78 Å². The lowest BCUT2D eigenvalue weighted by atomic mass is 10.2. The van der Waals surface area contributed by atoms with Crippen molar-refractivity contribution in [2.75, 3.05) is 11.9 Å². The summed E-state index contributed by atoms with van der Waals surface area (Å²) in [6.45, 7) is 3.03. The Labute approximate surface area is 96.2 Å². The molecule has 0 unspecified atom stereocenters. The highest BCUT2D eigenvalue weighted by atomic mass is 79.9. The summed E-state index contributed by atoms with van der Waals surface area (Å²) in [5, 5.41) is 2.86. The number of nitrogens with zero attached hydrogens (tertiary/aromatic N) is 1. The predicted octanol–water partition coefficient (Wildman–Crippen LogP) is 3.61. The van der Waals surface area contributed by atoms with E-state index >= 15 is 0 Å². The van der Waals surface area contributed by atoms with E-state index in [4.69, 9.17) is 0 Å². The molecule has 1 aromatic rings. The molecule has 1 heterocycles. The zero-order chi connectivity index (χ0) is 11.5. The van der Waals surface area contributed by atoms with Crippen molar-refractivity contribution in [3.63, 3.8) is 0 Å². The SMILES string of the molecule is Cc1cnc(NCCC(C)(F)F)c(Br)c1. The maximum absolute atomic E-state index is 12.5. The first-order chi connectivity index (χ1) is 6.88. The van der Waals surface area contributed by atoms with Crippen molar-refractivity contribution < 1.29 is 8.78 Å². The van der Waals surface area contributed by atoms with Crippen LogP contribution < -0.4 is 5.32 Å². The fraction of sp³-hybridized carbons (Fsp3) is 0.500. The molecule has 0 radical (unpaired) electrons. The second-order valence-electron chi connectivity index (χ2n) is 3.59. The predicted molar refractivity (Wildman–Crippen MR) is 60.4 cm³/mol. The lowest BCUT2D eigenvalue weighted by molar-refractivity contribution is 0.0166. The van der Waals surface area contributed by atoms with Gasteiger partial charge < -0.3 is 5.32 Å². The molecule has 0 atom stereocenters. The van der Waals surface area contributed by atoms with Crippen molar-refractivity contribution in [2.24, 2.45) is 0 Å². The summed E-state index contributed by atoms with van der Waals surface area (Å²) in [4.78, 5) is 4.09. The van der Waals surface area contributed by atoms with E-state index in [0.29, 0.717) is 5.82 Å². The molecule has 15 heavy (non-hydrogen) atoms. The number of hydrogen-bond donors (Lipinski definition) is 1. The average molecular weight is 279 g/mol. The molecular formula is C10H13BrF2N2. The van der Waals surface area contributed by atoms with Gasteiger partial charge in [-0.05, 0) is 41.4 Å². The maximum atomic E-state index is 12.5. The van der Waals surface area contributed by atoms with Crippen molar-refractivity contribution >= 4 is 21.7 Å². The third kappa shape index (κ3) is 4.55. The monoisotopic (exact) mass is 278 g/mol. The van der Waals surface area contributed by atoms with E-state index in [1.165, 1.54) is 0 Å². The molecule has 5 heteroatoms. The van der Waals surface area contributed by atoms with Crippen molar-refractivity contribution in [3.8, 4) is 0 Å². The Morgan fingerprint density at radius 3 is 2.73 bits per heavy atom. The number of pyridine rings is 1. The molecule has 0 aliphatic carbocycles. The molecule has 0 bridgehead atoms. The Bertz CT molecular complexity index is 337. The molecule has 0 saturated carbocycles. The van der Waals surface area contributed by atoms with E-state index in [1.807, 2.05) is 13.0 Å². The fourth-order valence-corrected chi connectivity index (χ4v) is 1.67. The van der Waals surface area contributed by atoms with Crippen LogP contribution in [-0.4, -0.2) is 17.5 Å². The summed E-state index contributed by atoms with van der Waals surface area (Å²) in [5.41, 5.74) is 1.02. The molecule has 0 aliphatic heterocycles. The normalized spacial score (nSPS) is 11.5. The molecule has 0 amide bonds. The Balaban J connectivity index is 2.51. The lowest BCUT2D eigenvalue weighted by Gasteiger charge is -2.12. The number of rotatable bonds is 4. The summed E-state index contributed by atoms with van der Waals surface area (Å²) in [5.74, 6) is -2.03. The molecule has 1 aromatic heterocycles. The van der Waals surface area contributed by atoms with Gasteiger partial charge in [-0.1, -0.05) is 0 Å². The quantitative estimate of drug-likeness (QED) is 0.910. The van der Waals surface area contributed by atoms with Gasteiger partial charge in [-0.2, -0.15) is 0 Å². The Hall–Kier alpha value is -0.710. The van der Waals surface area contributed by atoms with Gasteiger partial charge in [0.15, 0.2) is 0 Å². The number of aromatic nitrogens is 1. The number of alkyl halides is 2. The van der Waals surface area contributed by atoms with Crippen LogP contribution in [0.25, 0.3) is 0 Å². The van der Waals surface area contributed by atoms with Gasteiger partial charge in [0.05, 0.1) is 4.47 Å². The number of hydrogen-bond acceptors (Lipinski definition) is 2. The van der Waals surface area contributed by atoms with E-state index in [-0.39, 0.29) is 13.0 Å². The fourth-order valence-electron chi connectivity index (χ4n) is 1.06. The van der Waals surface area contributed by atoms with Crippen LogP contribution >= 0.6 is 15.9 Å². The van der Waals surface area contributed by atoms with E-state index in [2.05, 4.69) is 26.2 Å². The van der Waals surface area contributed by atoms with Gasteiger partial charge in [0.25, 0.3) is 0 Å². The number of aryl methyl sites for hydroxylation is 1. The van der Waals surface area contributed by atoms with Gasteiger partial charge >= 0.3 is 0 Å². The lowest BCUT2D eigenvalue weighted by Crippen LogP contribution is -2.16. The highest BCUT2D eigenvalue weighted by Gasteiger charge is 2.20. The van der Waals surface area contributed by atoms with Gasteiger partial charge in [-0.3, -0.25) is 0 Å². The minimum atomic E-state index is -2.63. The van der Waals surface area contributed by atoms with Crippen molar-refractivity contribution in [1.82, 2.24) is 4.98 Å². The van der Waals surface area contributed by atoms with Gasteiger partial charge in [0.2, 0.25) is 5.92 Å². The van der Waals surface area contributed by atoms with Crippen LogP contribution in [0.15, 0.2) is 16.7 Å². The summed E-state index contributed by atoms with van der Waals surface area (Å²) < 4.78 is 25.8. The first-order valence-corrected chi connectivity index (χ1v) is 5.41. The molecule has 0 aromatic carbocycles. The van der Waals surface area contributed by atoms with Gasteiger partial charge in [0.1, 0.15) is 5.82 Å².